The maximum absolute atomic E-state index is 12.3. The summed E-state index contributed by atoms with van der Waals surface area (Å²) >= 11 is 0. The molecule has 0 spiro atoms. The van der Waals surface area contributed by atoms with E-state index in [1.165, 1.54) is 10.6 Å². The maximum Gasteiger partial charge on any atom is 0.223 e. The minimum absolute atomic E-state index is 0.000341. The van der Waals surface area contributed by atoms with Gasteiger partial charge in [0, 0.05) is 25.6 Å². The zero-order valence-electron chi connectivity index (χ0n) is 15.2. The molecule has 1 aromatic carbocycles. The van der Waals surface area contributed by atoms with Crippen molar-refractivity contribution in [2.24, 2.45) is 5.92 Å². The minimum atomic E-state index is -3.15. The second-order valence-electron chi connectivity index (χ2n) is 6.83. The van der Waals surface area contributed by atoms with Gasteiger partial charge in [-0.1, -0.05) is 24.3 Å². The average Bonchev–Trinajstić information content (AvgIpc) is 2.58. The average molecular weight is 368 g/mol. The number of hydrogen-bond donors (Lipinski definition) is 1. The monoisotopic (exact) mass is 368 g/mol. The van der Waals surface area contributed by atoms with Gasteiger partial charge >= 0.3 is 0 Å². The van der Waals surface area contributed by atoms with E-state index in [0.717, 1.165) is 11.1 Å². The largest absolute Gasteiger partial charge is 0.374 e. The standard InChI is InChI=1S/C18H28N2O4S/c1-14(2)24-13-16-6-4-15(5-7-16)12-19-18(21)17-8-10-20(11-9-17)25(3,22)23/h4-7,14,17H,8-13H2,1-3H3,(H,19,21). The SMILES string of the molecule is CC(C)OCc1ccc(CNC(=O)C2CCN(S(C)(=O)=O)CC2)cc1. The van der Waals surface area contributed by atoms with Crippen molar-refractivity contribution in [1.82, 2.24) is 9.62 Å². The van der Waals surface area contributed by atoms with Crippen LogP contribution < -0.4 is 5.32 Å². The Hall–Kier alpha value is -1.44. The van der Waals surface area contributed by atoms with Crippen LogP contribution in [-0.2, 0) is 32.7 Å². The lowest BCUT2D eigenvalue weighted by atomic mass is 9.97. The number of carbonyl (C=O) groups is 1. The first-order valence-corrected chi connectivity index (χ1v) is 10.5. The molecule has 0 radical (unpaired) electrons. The summed E-state index contributed by atoms with van der Waals surface area (Å²) in [6, 6.07) is 8.00. The van der Waals surface area contributed by atoms with Crippen molar-refractivity contribution < 1.29 is 17.9 Å². The Morgan fingerprint density at radius 2 is 1.76 bits per heavy atom. The molecule has 0 atom stereocenters. The molecule has 140 valence electrons. The van der Waals surface area contributed by atoms with Gasteiger partial charge in [-0.3, -0.25) is 4.79 Å². The molecule has 1 amide bonds. The van der Waals surface area contributed by atoms with E-state index in [4.69, 9.17) is 4.74 Å². The summed E-state index contributed by atoms with van der Waals surface area (Å²) in [7, 11) is -3.15. The molecule has 1 fully saturated rings. The predicted octanol–water partition coefficient (Wildman–Crippen LogP) is 1.90. The van der Waals surface area contributed by atoms with Gasteiger partial charge in [-0.2, -0.15) is 0 Å². The van der Waals surface area contributed by atoms with E-state index >= 15 is 0 Å². The van der Waals surface area contributed by atoms with Gasteiger partial charge in [0.1, 0.15) is 0 Å². The summed E-state index contributed by atoms with van der Waals surface area (Å²) in [6.07, 6.45) is 2.56. The van der Waals surface area contributed by atoms with Crippen molar-refractivity contribution in [3.05, 3.63) is 35.4 Å². The molecule has 0 unspecified atom stereocenters. The molecular formula is C18H28N2O4S. The van der Waals surface area contributed by atoms with E-state index in [1.807, 2.05) is 38.1 Å². The van der Waals surface area contributed by atoms with E-state index in [-0.39, 0.29) is 17.9 Å². The number of hydrogen-bond acceptors (Lipinski definition) is 4. The molecule has 0 aliphatic carbocycles. The van der Waals surface area contributed by atoms with Gasteiger partial charge in [0.25, 0.3) is 0 Å². The lowest BCUT2D eigenvalue weighted by Crippen LogP contribution is -2.42. The first kappa shape index (κ1) is 19.9. The third kappa shape index (κ3) is 6.41. The topological polar surface area (TPSA) is 75.7 Å². The Bertz CT molecular complexity index is 663. The van der Waals surface area contributed by atoms with E-state index in [1.54, 1.807) is 0 Å². The van der Waals surface area contributed by atoms with Crippen molar-refractivity contribution in [3.63, 3.8) is 0 Å². The Balaban J connectivity index is 1.77. The molecule has 1 aliphatic rings. The number of carbonyl (C=O) groups excluding carboxylic acids is 1. The molecule has 7 heteroatoms. The van der Waals surface area contributed by atoms with Crippen LogP contribution in [0, 0.1) is 5.92 Å². The van der Waals surface area contributed by atoms with Crippen molar-refractivity contribution >= 4 is 15.9 Å². The van der Waals surface area contributed by atoms with E-state index in [0.29, 0.717) is 39.1 Å². The summed E-state index contributed by atoms with van der Waals surface area (Å²) in [6.45, 7) is 5.91. The van der Waals surface area contributed by atoms with Crippen LogP contribution in [-0.4, -0.2) is 44.1 Å². The fourth-order valence-corrected chi connectivity index (χ4v) is 3.67. The van der Waals surface area contributed by atoms with Gasteiger partial charge < -0.3 is 10.1 Å². The molecule has 1 heterocycles. The second kappa shape index (κ2) is 8.78. The number of piperidine rings is 1. The van der Waals surface area contributed by atoms with E-state index in [2.05, 4.69) is 5.32 Å². The maximum atomic E-state index is 12.3. The molecule has 1 aliphatic heterocycles. The zero-order chi connectivity index (χ0) is 18.4. The second-order valence-corrected chi connectivity index (χ2v) is 8.81. The highest BCUT2D eigenvalue weighted by Gasteiger charge is 2.28. The number of ether oxygens (including phenoxy) is 1. The van der Waals surface area contributed by atoms with Crippen LogP contribution in [0.1, 0.15) is 37.8 Å². The molecule has 25 heavy (non-hydrogen) atoms. The summed E-state index contributed by atoms with van der Waals surface area (Å²) in [5.41, 5.74) is 2.15. The first-order valence-electron chi connectivity index (χ1n) is 8.68. The van der Waals surface area contributed by atoms with Gasteiger partial charge in [0.15, 0.2) is 0 Å². The van der Waals surface area contributed by atoms with Gasteiger partial charge in [-0.05, 0) is 37.8 Å². The fourth-order valence-electron chi connectivity index (χ4n) is 2.80. The van der Waals surface area contributed by atoms with Crippen LogP contribution in [0.4, 0.5) is 0 Å². The summed E-state index contributed by atoms with van der Waals surface area (Å²) in [5, 5.41) is 2.95. The fraction of sp³-hybridized carbons (Fsp3) is 0.611. The number of sulfonamides is 1. The van der Waals surface area contributed by atoms with E-state index in [9.17, 15) is 13.2 Å². The highest BCUT2D eigenvalue weighted by Crippen LogP contribution is 2.19. The molecule has 1 aromatic rings. The van der Waals surface area contributed by atoms with Crippen LogP contribution >= 0.6 is 0 Å². The van der Waals surface area contributed by atoms with Crippen LogP contribution in [0.25, 0.3) is 0 Å². The van der Waals surface area contributed by atoms with Crippen LogP contribution in [0.2, 0.25) is 0 Å². The quantitative estimate of drug-likeness (QED) is 0.798. The summed E-state index contributed by atoms with van der Waals surface area (Å²) in [4.78, 5) is 12.3. The smallest absolute Gasteiger partial charge is 0.223 e. The summed E-state index contributed by atoms with van der Waals surface area (Å²) < 4.78 is 30.0. The number of nitrogens with zero attached hydrogens (tertiary/aromatic N) is 1. The van der Waals surface area contributed by atoms with Crippen molar-refractivity contribution in [3.8, 4) is 0 Å². The Labute approximate surface area is 150 Å². The number of nitrogens with one attached hydrogen (secondary N) is 1. The lowest BCUT2D eigenvalue weighted by molar-refractivity contribution is -0.126. The van der Waals surface area contributed by atoms with Crippen LogP contribution in [0.5, 0.6) is 0 Å². The third-order valence-corrected chi connectivity index (χ3v) is 5.67. The highest BCUT2D eigenvalue weighted by atomic mass is 32.2. The van der Waals surface area contributed by atoms with E-state index < -0.39 is 10.0 Å². The van der Waals surface area contributed by atoms with Crippen molar-refractivity contribution in [2.75, 3.05) is 19.3 Å². The molecule has 6 nitrogen and oxygen atoms in total. The predicted molar refractivity (Wildman–Crippen MR) is 97.4 cm³/mol. The van der Waals surface area contributed by atoms with Crippen molar-refractivity contribution in [2.45, 2.75) is 45.9 Å². The Morgan fingerprint density at radius 3 is 2.28 bits per heavy atom. The third-order valence-electron chi connectivity index (χ3n) is 4.37. The first-order chi connectivity index (χ1) is 11.8. The minimum Gasteiger partial charge on any atom is -0.374 e. The van der Waals surface area contributed by atoms with Gasteiger partial charge in [0.2, 0.25) is 15.9 Å². The molecule has 1 N–H and O–H groups in total. The Kier molecular flexibility index (Phi) is 6.98. The van der Waals surface area contributed by atoms with Gasteiger partial charge in [-0.15, -0.1) is 0 Å². The highest BCUT2D eigenvalue weighted by molar-refractivity contribution is 7.88. The molecule has 1 saturated heterocycles. The number of rotatable bonds is 7. The van der Waals surface area contributed by atoms with Crippen LogP contribution in [0.3, 0.4) is 0 Å². The molecule has 0 saturated carbocycles. The zero-order valence-corrected chi connectivity index (χ0v) is 16.0. The molecule has 2 rings (SSSR count). The number of benzene rings is 1. The van der Waals surface area contributed by atoms with Crippen LogP contribution in [0.15, 0.2) is 24.3 Å². The van der Waals surface area contributed by atoms with Crippen molar-refractivity contribution in [1.29, 1.82) is 0 Å². The molecule has 0 aromatic heterocycles. The molecular weight excluding hydrogens is 340 g/mol. The lowest BCUT2D eigenvalue weighted by Gasteiger charge is -2.29. The van der Waals surface area contributed by atoms with Gasteiger partial charge in [-0.25, -0.2) is 12.7 Å². The molecule has 0 bridgehead atoms. The summed E-state index contributed by atoms with van der Waals surface area (Å²) in [5.74, 6) is -0.114. The Morgan fingerprint density at radius 1 is 1.20 bits per heavy atom. The van der Waals surface area contributed by atoms with Gasteiger partial charge in [0.05, 0.1) is 19.0 Å². The normalized spacial score (nSPS) is 17.0. The number of amides is 1.